The van der Waals surface area contributed by atoms with E-state index in [9.17, 15) is 10.2 Å². The summed E-state index contributed by atoms with van der Waals surface area (Å²) in [6, 6.07) is 14.4. The summed E-state index contributed by atoms with van der Waals surface area (Å²) in [5.41, 5.74) is 1.53. The lowest BCUT2D eigenvalue weighted by molar-refractivity contribution is 0.405. The van der Waals surface area contributed by atoms with Crippen molar-refractivity contribution in [3.63, 3.8) is 0 Å². The van der Waals surface area contributed by atoms with Gasteiger partial charge in [0.2, 0.25) is 0 Å². The van der Waals surface area contributed by atoms with E-state index in [0.717, 1.165) is 5.56 Å². The number of aromatic hydroxyl groups is 2. The second-order valence-electron chi connectivity index (χ2n) is 6.22. The highest BCUT2D eigenvalue weighted by Crippen LogP contribution is 2.35. The Morgan fingerprint density at radius 2 is 1.00 bits per heavy atom. The van der Waals surface area contributed by atoms with Crippen LogP contribution in [0, 0.1) is 0 Å². The Kier molecular flexibility index (Phi) is 7.51. The molecule has 0 unspecified atom stereocenters. The molecule has 2 aromatic rings. The third kappa shape index (κ3) is 5.97. The molecule has 23 heavy (non-hydrogen) atoms. The van der Waals surface area contributed by atoms with Gasteiger partial charge in [-0.1, -0.05) is 100 Å². The Morgan fingerprint density at radius 3 is 1.48 bits per heavy atom. The molecular weight excluding hydrogens is 284 g/mol. The largest absolute Gasteiger partial charge is 0.504 e. The van der Waals surface area contributed by atoms with Crippen molar-refractivity contribution in [2.75, 3.05) is 0 Å². The maximum Gasteiger partial charge on any atom is 0.165 e. The van der Waals surface area contributed by atoms with Gasteiger partial charge in [-0.05, 0) is 11.6 Å². The summed E-state index contributed by atoms with van der Waals surface area (Å²) < 4.78 is 0. The van der Waals surface area contributed by atoms with Gasteiger partial charge in [0, 0.05) is 5.56 Å². The predicted octanol–water partition coefficient (Wildman–Crippen LogP) is 6.28. The van der Waals surface area contributed by atoms with Gasteiger partial charge in [0.1, 0.15) is 0 Å². The second kappa shape index (κ2) is 9.94. The fraction of sp³-hybridized carbons (Fsp3) is 0.429. The molecule has 1 aliphatic carbocycles. The van der Waals surface area contributed by atoms with Crippen LogP contribution < -0.4 is 0 Å². The lowest BCUT2D eigenvalue weighted by atomic mass is 10.0. The van der Waals surface area contributed by atoms with E-state index < -0.39 is 0 Å². The van der Waals surface area contributed by atoms with Crippen molar-refractivity contribution in [1.82, 2.24) is 0 Å². The average molecular weight is 312 g/mol. The Morgan fingerprint density at radius 1 is 0.522 bits per heavy atom. The predicted molar refractivity (Wildman–Crippen MR) is 96.8 cm³/mol. The van der Waals surface area contributed by atoms with Crippen LogP contribution in [0.3, 0.4) is 0 Å². The maximum absolute atomic E-state index is 9.60. The minimum atomic E-state index is -0.0913. The number of para-hydroxylation sites is 1. The molecule has 1 saturated carbocycles. The van der Waals surface area contributed by atoms with Crippen molar-refractivity contribution in [2.24, 2.45) is 0 Å². The zero-order valence-corrected chi connectivity index (χ0v) is 13.9. The fourth-order valence-electron chi connectivity index (χ4n) is 2.97. The molecule has 0 amide bonds. The monoisotopic (exact) mass is 312 g/mol. The fourth-order valence-corrected chi connectivity index (χ4v) is 2.97. The Hall–Kier alpha value is -1.96. The molecule has 0 saturated heterocycles. The van der Waals surface area contributed by atoms with E-state index in [2.05, 4.69) is 0 Å². The van der Waals surface area contributed by atoms with Gasteiger partial charge in [-0.2, -0.15) is 0 Å². The van der Waals surface area contributed by atoms with Crippen LogP contribution in [0.25, 0.3) is 11.1 Å². The first-order valence-electron chi connectivity index (χ1n) is 8.85. The van der Waals surface area contributed by atoms with Crippen molar-refractivity contribution in [2.45, 2.75) is 57.8 Å². The molecular formula is C21H28O2. The normalized spacial score (nSPS) is 15.5. The Labute approximate surface area is 139 Å². The lowest BCUT2D eigenvalue weighted by Gasteiger charge is -2.05. The van der Waals surface area contributed by atoms with Crippen molar-refractivity contribution in [3.8, 4) is 22.6 Å². The van der Waals surface area contributed by atoms with Crippen molar-refractivity contribution in [3.05, 3.63) is 48.5 Å². The lowest BCUT2D eigenvalue weighted by Crippen LogP contribution is -1.78. The van der Waals surface area contributed by atoms with Gasteiger partial charge in [-0.25, -0.2) is 0 Å². The Balaban J connectivity index is 0.000000185. The molecule has 124 valence electrons. The quantitative estimate of drug-likeness (QED) is 0.609. The van der Waals surface area contributed by atoms with Gasteiger partial charge in [-0.3, -0.25) is 0 Å². The average Bonchev–Trinajstić information content (AvgIpc) is 2.75. The molecule has 2 aromatic carbocycles. The van der Waals surface area contributed by atoms with Crippen LogP contribution in [0.1, 0.15) is 57.8 Å². The van der Waals surface area contributed by atoms with Gasteiger partial charge < -0.3 is 10.2 Å². The minimum absolute atomic E-state index is 0.0706. The van der Waals surface area contributed by atoms with Crippen LogP contribution in [0.2, 0.25) is 0 Å². The van der Waals surface area contributed by atoms with Gasteiger partial charge in [0.25, 0.3) is 0 Å². The van der Waals surface area contributed by atoms with Gasteiger partial charge in [0.05, 0.1) is 0 Å². The highest BCUT2D eigenvalue weighted by atomic mass is 16.3. The molecule has 0 spiro atoms. The number of phenols is 2. The van der Waals surface area contributed by atoms with Crippen molar-refractivity contribution < 1.29 is 10.2 Å². The van der Waals surface area contributed by atoms with Gasteiger partial charge in [-0.15, -0.1) is 0 Å². The summed E-state index contributed by atoms with van der Waals surface area (Å²) in [7, 11) is 0. The van der Waals surface area contributed by atoms with Crippen LogP contribution in [0.15, 0.2) is 48.5 Å². The number of phenolic OH excluding ortho intramolecular Hbond substituents is 2. The summed E-state index contributed by atoms with van der Waals surface area (Å²) in [6.07, 6.45) is 13.5. The van der Waals surface area contributed by atoms with Crippen molar-refractivity contribution >= 4 is 0 Å². The molecule has 1 fully saturated rings. The molecule has 0 atom stereocenters. The highest BCUT2D eigenvalue weighted by Gasteiger charge is 2.06. The number of rotatable bonds is 1. The number of benzene rings is 2. The molecule has 1 aliphatic rings. The minimum Gasteiger partial charge on any atom is -0.504 e. The van der Waals surface area contributed by atoms with Crippen LogP contribution in [-0.4, -0.2) is 10.2 Å². The summed E-state index contributed by atoms with van der Waals surface area (Å²) in [5.74, 6) is -0.162. The van der Waals surface area contributed by atoms with Crippen LogP contribution >= 0.6 is 0 Å². The Bertz CT molecular complexity index is 535. The first kappa shape index (κ1) is 17.4. The van der Waals surface area contributed by atoms with E-state index in [1.165, 1.54) is 63.9 Å². The highest BCUT2D eigenvalue weighted by molar-refractivity contribution is 5.72. The molecule has 2 nitrogen and oxygen atoms in total. The van der Waals surface area contributed by atoms with Gasteiger partial charge >= 0.3 is 0 Å². The molecule has 0 heterocycles. The van der Waals surface area contributed by atoms with E-state index in [0.29, 0.717) is 5.56 Å². The number of hydrogen-bond donors (Lipinski definition) is 2. The topological polar surface area (TPSA) is 40.5 Å². The summed E-state index contributed by atoms with van der Waals surface area (Å²) in [5, 5.41) is 18.9. The molecule has 0 aliphatic heterocycles. The van der Waals surface area contributed by atoms with Crippen molar-refractivity contribution in [1.29, 1.82) is 0 Å². The first-order valence-corrected chi connectivity index (χ1v) is 8.85. The molecule has 2 N–H and O–H groups in total. The molecule has 3 rings (SSSR count). The van der Waals surface area contributed by atoms with E-state index in [4.69, 9.17) is 0 Å². The van der Waals surface area contributed by atoms with Crippen LogP contribution in [0.5, 0.6) is 11.5 Å². The van der Waals surface area contributed by atoms with Crippen LogP contribution in [-0.2, 0) is 0 Å². The van der Waals surface area contributed by atoms with E-state index >= 15 is 0 Å². The van der Waals surface area contributed by atoms with Gasteiger partial charge in [0.15, 0.2) is 11.5 Å². The maximum atomic E-state index is 9.60. The number of hydrogen-bond acceptors (Lipinski definition) is 2. The van der Waals surface area contributed by atoms with E-state index in [1.54, 1.807) is 12.1 Å². The third-order valence-electron chi connectivity index (χ3n) is 4.35. The first-order chi connectivity index (χ1) is 11.3. The summed E-state index contributed by atoms with van der Waals surface area (Å²) in [4.78, 5) is 0. The molecule has 0 bridgehead atoms. The van der Waals surface area contributed by atoms with E-state index in [-0.39, 0.29) is 11.5 Å². The summed E-state index contributed by atoms with van der Waals surface area (Å²) >= 11 is 0. The third-order valence-corrected chi connectivity index (χ3v) is 4.35. The van der Waals surface area contributed by atoms with E-state index in [1.807, 2.05) is 30.3 Å². The zero-order valence-electron chi connectivity index (χ0n) is 13.9. The molecule has 2 heteroatoms. The standard InChI is InChI=1S/C12H10O2.C9H18/c13-11-8-4-7-10(12(11)14)9-5-2-1-3-6-9;1-2-4-6-8-9-7-5-3-1/h1-8,13-14H;1-9H2. The SMILES string of the molecule is C1CCCCCCCC1.Oc1cccc(-c2ccccc2)c1O. The molecule has 0 aromatic heterocycles. The second-order valence-corrected chi connectivity index (χ2v) is 6.22. The zero-order chi connectivity index (χ0) is 16.3. The smallest absolute Gasteiger partial charge is 0.165 e. The van der Waals surface area contributed by atoms with Crippen LogP contribution in [0.4, 0.5) is 0 Å². The molecule has 0 radical (unpaired) electrons. The summed E-state index contributed by atoms with van der Waals surface area (Å²) in [6.45, 7) is 0.